The first kappa shape index (κ1) is 20.8. The summed E-state index contributed by atoms with van der Waals surface area (Å²) in [5, 5.41) is 9.90. The molecule has 1 saturated carbocycles. The molecule has 1 unspecified atom stereocenters. The summed E-state index contributed by atoms with van der Waals surface area (Å²) >= 11 is 0. The number of aliphatic imine (C=N–C) groups is 1. The number of carbonyl (C=O) groups is 1. The zero-order valence-electron chi connectivity index (χ0n) is 16.9. The molecular formula is C19H37N5O2. The molecular weight excluding hydrogens is 330 g/mol. The van der Waals surface area contributed by atoms with Crippen LogP contribution >= 0.6 is 0 Å². The van der Waals surface area contributed by atoms with Gasteiger partial charge in [0.1, 0.15) is 0 Å². The normalized spacial score (nSPS) is 20.7. The topological polar surface area (TPSA) is 78.0 Å². The lowest BCUT2D eigenvalue weighted by Crippen LogP contribution is -2.52. The van der Waals surface area contributed by atoms with Crippen molar-refractivity contribution in [2.24, 2.45) is 16.8 Å². The second-order valence-electron chi connectivity index (χ2n) is 7.87. The van der Waals surface area contributed by atoms with Gasteiger partial charge in [-0.2, -0.15) is 0 Å². The number of hydrogen-bond acceptors (Lipinski definition) is 4. The third kappa shape index (κ3) is 7.40. The molecule has 0 radical (unpaired) electrons. The number of piperidine rings is 1. The Bertz CT molecular complexity index is 457. The Kier molecular flexibility index (Phi) is 8.48. The molecule has 1 amide bonds. The maximum Gasteiger partial charge on any atom is 0.407 e. The van der Waals surface area contributed by atoms with Crippen molar-refractivity contribution < 1.29 is 9.53 Å². The molecule has 3 N–H and O–H groups in total. The standard InChI is InChI=1S/C19H37N5O2/c1-5-26-19(25)23-17(15-6-7-15)12-21-18(20-4)22-16-8-10-24(11-9-16)13-14(2)3/h14-17H,5-13H2,1-4H3,(H,23,25)(H2,20,21,22). The van der Waals surface area contributed by atoms with E-state index in [2.05, 4.69) is 39.7 Å². The molecule has 1 heterocycles. The van der Waals surface area contributed by atoms with Gasteiger partial charge in [0.15, 0.2) is 5.96 Å². The van der Waals surface area contributed by atoms with Crippen molar-refractivity contribution in [1.82, 2.24) is 20.9 Å². The van der Waals surface area contributed by atoms with Gasteiger partial charge in [-0.25, -0.2) is 4.79 Å². The van der Waals surface area contributed by atoms with Gasteiger partial charge < -0.3 is 25.6 Å². The molecule has 1 aliphatic heterocycles. The number of amides is 1. The third-order valence-electron chi connectivity index (χ3n) is 5.03. The predicted octanol–water partition coefficient (Wildman–Crippen LogP) is 1.80. The Morgan fingerprint density at radius 1 is 1.23 bits per heavy atom. The van der Waals surface area contributed by atoms with Gasteiger partial charge in [0, 0.05) is 39.3 Å². The summed E-state index contributed by atoms with van der Waals surface area (Å²) < 4.78 is 5.01. The van der Waals surface area contributed by atoms with Crippen molar-refractivity contribution in [1.29, 1.82) is 0 Å². The summed E-state index contributed by atoms with van der Waals surface area (Å²) in [6, 6.07) is 0.558. The molecule has 1 saturated heterocycles. The highest BCUT2D eigenvalue weighted by molar-refractivity contribution is 5.80. The highest BCUT2D eigenvalue weighted by Gasteiger charge is 2.32. The summed E-state index contributed by atoms with van der Waals surface area (Å²) in [6.07, 6.45) is 4.28. The van der Waals surface area contributed by atoms with E-state index in [9.17, 15) is 4.79 Å². The second-order valence-corrected chi connectivity index (χ2v) is 7.87. The van der Waals surface area contributed by atoms with Gasteiger partial charge in [0.25, 0.3) is 0 Å². The minimum Gasteiger partial charge on any atom is -0.450 e. The number of carbonyl (C=O) groups excluding carboxylic acids is 1. The zero-order valence-corrected chi connectivity index (χ0v) is 16.9. The Balaban J connectivity index is 1.72. The summed E-state index contributed by atoms with van der Waals surface area (Å²) in [5.74, 6) is 2.09. The van der Waals surface area contributed by atoms with Crippen molar-refractivity contribution in [3.05, 3.63) is 0 Å². The Hall–Kier alpha value is -1.50. The fourth-order valence-corrected chi connectivity index (χ4v) is 3.53. The Labute approximate surface area is 158 Å². The molecule has 0 spiro atoms. The molecule has 26 heavy (non-hydrogen) atoms. The first-order valence-corrected chi connectivity index (χ1v) is 10.1. The molecule has 7 heteroatoms. The van der Waals surface area contributed by atoms with E-state index in [4.69, 9.17) is 4.74 Å². The molecule has 2 fully saturated rings. The number of nitrogens with zero attached hydrogens (tertiary/aromatic N) is 2. The maximum absolute atomic E-state index is 11.7. The van der Waals surface area contributed by atoms with E-state index in [0.717, 1.165) is 37.8 Å². The second kappa shape index (κ2) is 10.6. The number of rotatable bonds is 8. The Morgan fingerprint density at radius 2 is 1.92 bits per heavy atom. The van der Waals surface area contributed by atoms with Crippen molar-refractivity contribution in [3.8, 4) is 0 Å². The molecule has 0 aromatic rings. The van der Waals surface area contributed by atoms with Crippen LogP contribution in [0.25, 0.3) is 0 Å². The number of hydrogen-bond donors (Lipinski definition) is 3. The number of likely N-dealkylation sites (tertiary alicyclic amines) is 1. The van der Waals surface area contributed by atoms with E-state index in [0.29, 0.717) is 25.1 Å². The smallest absolute Gasteiger partial charge is 0.407 e. The maximum atomic E-state index is 11.7. The molecule has 0 aromatic carbocycles. The van der Waals surface area contributed by atoms with Crippen molar-refractivity contribution >= 4 is 12.1 Å². The fourth-order valence-electron chi connectivity index (χ4n) is 3.53. The number of ether oxygens (including phenoxy) is 1. The molecule has 2 rings (SSSR count). The molecule has 150 valence electrons. The van der Waals surface area contributed by atoms with Crippen molar-refractivity contribution in [2.75, 3.05) is 39.8 Å². The fraction of sp³-hybridized carbons (Fsp3) is 0.895. The van der Waals surface area contributed by atoms with Crippen LogP contribution in [0.3, 0.4) is 0 Å². The van der Waals surface area contributed by atoms with Gasteiger partial charge in [0.2, 0.25) is 0 Å². The Morgan fingerprint density at radius 3 is 2.46 bits per heavy atom. The average Bonchev–Trinajstić information content (AvgIpc) is 3.43. The van der Waals surface area contributed by atoms with E-state index in [-0.39, 0.29) is 12.1 Å². The van der Waals surface area contributed by atoms with Crippen LogP contribution in [-0.4, -0.2) is 68.9 Å². The summed E-state index contributed by atoms with van der Waals surface area (Å²) in [6.45, 7) is 10.9. The number of alkyl carbamates (subject to hydrolysis) is 1. The molecule has 0 bridgehead atoms. The van der Waals surface area contributed by atoms with Gasteiger partial charge in [0.05, 0.1) is 12.6 Å². The molecule has 1 atom stereocenters. The zero-order chi connectivity index (χ0) is 18.9. The minimum absolute atomic E-state index is 0.0977. The monoisotopic (exact) mass is 367 g/mol. The van der Waals surface area contributed by atoms with E-state index >= 15 is 0 Å². The molecule has 0 aromatic heterocycles. The summed E-state index contributed by atoms with van der Waals surface area (Å²) in [4.78, 5) is 18.6. The van der Waals surface area contributed by atoms with Crippen molar-refractivity contribution in [2.45, 2.75) is 58.5 Å². The van der Waals surface area contributed by atoms with Gasteiger partial charge >= 0.3 is 6.09 Å². The van der Waals surface area contributed by atoms with E-state index in [1.807, 2.05) is 6.92 Å². The lowest BCUT2D eigenvalue weighted by atomic mass is 10.0. The third-order valence-corrected chi connectivity index (χ3v) is 5.03. The van der Waals surface area contributed by atoms with E-state index in [1.165, 1.54) is 19.4 Å². The van der Waals surface area contributed by atoms with Gasteiger partial charge in [-0.1, -0.05) is 13.8 Å². The van der Waals surface area contributed by atoms with Crippen LogP contribution in [-0.2, 0) is 4.74 Å². The molecule has 2 aliphatic rings. The molecule has 1 aliphatic carbocycles. The SMILES string of the molecule is CCOC(=O)NC(CNC(=NC)NC1CCN(CC(C)C)CC1)C1CC1. The van der Waals surface area contributed by atoms with E-state index < -0.39 is 0 Å². The largest absolute Gasteiger partial charge is 0.450 e. The quantitative estimate of drug-likeness (QED) is 0.450. The van der Waals surface area contributed by atoms with Gasteiger partial charge in [-0.15, -0.1) is 0 Å². The molecule has 7 nitrogen and oxygen atoms in total. The lowest BCUT2D eigenvalue weighted by molar-refractivity contribution is 0.146. The predicted molar refractivity (Wildman–Crippen MR) is 105 cm³/mol. The average molecular weight is 368 g/mol. The first-order chi connectivity index (χ1) is 12.5. The first-order valence-electron chi connectivity index (χ1n) is 10.1. The van der Waals surface area contributed by atoms with Crippen molar-refractivity contribution in [3.63, 3.8) is 0 Å². The van der Waals surface area contributed by atoms with Crippen LogP contribution in [0.15, 0.2) is 4.99 Å². The highest BCUT2D eigenvalue weighted by atomic mass is 16.5. The van der Waals surface area contributed by atoms with Crippen LogP contribution in [0.4, 0.5) is 4.79 Å². The number of nitrogens with one attached hydrogen (secondary N) is 3. The van der Waals surface area contributed by atoms with Crippen LogP contribution < -0.4 is 16.0 Å². The van der Waals surface area contributed by atoms with E-state index in [1.54, 1.807) is 7.05 Å². The highest BCUT2D eigenvalue weighted by Crippen LogP contribution is 2.32. The minimum atomic E-state index is -0.327. The van der Waals surface area contributed by atoms with Crippen LogP contribution in [0.2, 0.25) is 0 Å². The van der Waals surface area contributed by atoms with Gasteiger partial charge in [-0.3, -0.25) is 4.99 Å². The van der Waals surface area contributed by atoms with Crippen LogP contribution in [0, 0.1) is 11.8 Å². The van der Waals surface area contributed by atoms with Crippen LogP contribution in [0.5, 0.6) is 0 Å². The summed E-state index contributed by atoms with van der Waals surface area (Å²) in [5.41, 5.74) is 0. The van der Waals surface area contributed by atoms with Crippen LogP contribution in [0.1, 0.15) is 46.5 Å². The lowest BCUT2D eigenvalue weighted by Gasteiger charge is -2.34. The number of guanidine groups is 1. The summed E-state index contributed by atoms with van der Waals surface area (Å²) in [7, 11) is 1.80. The van der Waals surface area contributed by atoms with Gasteiger partial charge in [-0.05, 0) is 44.4 Å².